The van der Waals surface area contributed by atoms with Gasteiger partial charge in [0.25, 0.3) is 0 Å². The summed E-state index contributed by atoms with van der Waals surface area (Å²) in [4.78, 5) is 4.60. The van der Waals surface area contributed by atoms with Crippen LogP contribution in [-0.2, 0) is 6.54 Å². The first-order valence-corrected chi connectivity index (χ1v) is 8.21. The Morgan fingerprint density at radius 3 is 2.50 bits per heavy atom. The summed E-state index contributed by atoms with van der Waals surface area (Å²) >= 11 is 0. The highest BCUT2D eigenvalue weighted by molar-refractivity contribution is 5.79. The number of aryl methyl sites for hydroxylation is 2. The summed E-state index contributed by atoms with van der Waals surface area (Å²) in [5, 5.41) is 0. The Morgan fingerprint density at radius 1 is 1.04 bits per heavy atom. The van der Waals surface area contributed by atoms with Crippen LogP contribution in [0.3, 0.4) is 0 Å². The summed E-state index contributed by atoms with van der Waals surface area (Å²) in [6, 6.07) is 14.8. The Balaban J connectivity index is 0.00000196. The molecule has 2 aromatic carbocycles. The van der Waals surface area contributed by atoms with E-state index in [9.17, 15) is 4.39 Å². The van der Waals surface area contributed by atoms with Crippen molar-refractivity contribution in [3.63, 3.8) is 0 Å². The SMILES string of the molecule is Cc1cc(C)c2oc(-c3cc[n+](Cc4ccccc4F)cc3)nc2c1.[Br-]. The number of pyridine rings is 1. The molecule has 2 heterocycles. The second-order valence-electron chi connectivity index (χ2n) is 6.30. The van der Waals surface area contributed by atoms with E-state index >= 15 is 0 Å². The maximum atomic E-state index is 13.8. The minimum atomic E-state index is -0.191. The first kappa shape index (κ1) is 18.3. The topological polar surface area (TPSA) is 29.9 Å². The molecule has 4 rings (SSSR count). The lowest BCUT2D eigenvalue weighted by Gasteiger charge is -2.00. The lowest BCUT2D eigenvalue weighted by Crippen LogP contribution is -3.00. The molecule has 4 aromatic rings. The van der Waals surface area contributed by atoms with Crippen molar-refractivity contribution in [2.24, 2.45) is 0 Å². The molecule has 0 aliphatic carbocycles. The molecular formula is C21H18BrFN2O. The molecule has 0 bridgehead atoms. The van der Waals surface area contributed by atoms with Crippen molar-refractivity contribution >= 4 is 11.1 Å². The molecule has 2 aromatic heterocycles. The zero-order chi connectivity index (χ0) is 17.4. The monoisotopic (exact) mass is 412 g/mol. The first-order valence-electron chi connectivity index (χ1n) is 8.21. The summed E-state index contributed by atoms with van der Waals surface area (Å²) in [5.74, 6) is 0.408. The number of aromatic nitrogens is 2. The van der Waals surface area contributed by atoms with E-state index in [1.54, 1.807) is 12.1 Å². The van der Waals surface area contributed by atoms with Crippen LogP contribution in [0, 0.1) is 19.7 Å². The maximum absolute atomic E-state index is 13.8. The van der Waals surface area contributed by atoms with Gasteiger partial charge in [-0.1, -0.05) is 18.2 Å². The smallest absolute Gasteiger partial charge is 0.227 e. The van der Waals surface area contributed by atoms with E-state index < -0.39 is 0 Å². The average molecular weight is 413 g/mol. The van der Waals surface area contributed by atoms with E-state index in [-0.39, 0.29) is 22.8 Å². The molecule has 0 unspecified atom stereocenters. The summed E-state index contributed by atoms with van der Waals surface area (Å²) < 4.78 is 21.6. The molecular weight excluding hydrogens is 395 g/mol. The van der Waals surface area contributed by atoms with Crippen LogP contribution >= 0.6 is 0 Å². The number of rotatable bonds is 3. The van der Waals surface area contributed by atoms with Crippen LogP contribution in [0.1, 0.15) is 16.7 Å². The lowest BCUT2D eigenvalue weighted by molar-refractivity contribution is -0.688. The highest BCUT2D eigenvalue weighted by atomic mass is 79.9. The fourth-order valence-electron chi connectivity index (χ4n) is 3.03. The van der Waals surface area contributed by atoms with E-state index in [4.69, 9.17) is 4.42 Å². The first-order chi connectivity index (χ1) is 12.1. The van der Waals surface area contributed by atoms with Gasteiger partial charge in [0.05, 0.1) is 5.56 Å². The van der Waals surface area contributed by atoms with Crippen LogP contribution in [0.5, 0.6) is 0 Å². The predicted octanol–water partition coefficient (Wildman–Crippen LogP) is 1.59. The van der Waals surface area contributed by atoms with E-state index in [2.05, 4.69) is 18.0 Å². The van der Waals surface area contributed by atoms with Crippen LogP contribution in [-0.4, -0.2) is 4.98 Å². The summed E-state index contributed by atoms with van der Waals surface area (Å²) in [6.07, 6.45) is 3.82. The second kappa shape index (κ2) is 7.38. The zero-order valence-corrected chi connectivity index (χ0v) is 16.1. The predicted molar refractivity (Wildman–Crippen MR) is 94.6 cm³/mol. The molecule has 0 amide bonds. The van der Waals surface area contributed by atoms with Gasteiger partial charge >= 0.3 is 0 Å². The number of fused-ring (bicyclic) bond motifs is 1. The molecule has 0 spiro atoms. The van der Waals surface area contributed by atoms with E-state index in [0.717, 1.165) is 22.2 Å². The standard InChI is InChI=1S/C21H18FN2O.BrH/c1-14-11-15(2)20-19(12-14)23-21(25-20)16-7-9-24(10-8-16)13-17-5-3-4-6-18(17)22;/h3-12H,13H2,1-2H3;1H/q+1;/p-1. The van der Waals surface area contributed by atoms with Crippen molar-refractivity contribution in [2.45, 2.75) is 20.4 Å². The highest BCUT2D eigenvalue weighted by Crippen LogP contribution is 2.26. The Kier molecular flexibility index (Phi) is 5.18. The van der Waals surface area contributed by atoms with Gasteiger partial charge in [-0.2, -0.15) is 0 Å². The van der Waals surface area contributed by atoms with Gasteiger partial charge < -0.3 is 21.4 Å². The van der Waals surface area contributed by atoms with Crippen LogP contribution in [0.25, 0.3) is 22.6 Å². The summed E-state index contributed by atoms with van der Waals surface area (Å²) in [6.45, 7) is 4.56. The van der Waals surface area contributed by atoms with Gasteiger partial charge in [0.1, 0.15) is 11.3 Å². The molecule has 0 fully saturated rings. The third kappa shape index (κ3) is 3.53. The minimum Gasteiger partial charge on any atom is -1.00 e. The van der Waals surface area contributed by atoms with Crippen molar-refractivity contribution in [3.05, 3.63) is 83.4 Å². The number of hydrogen-bond donors (Lipinski definition) is 0. The second-order valence-corrected chi connectivity index (χ2v) is 6.30. The van der Waals surface area contributed by atoms with Crippen LogP contribution < -0.4 is 21.5 Å². The average Bonchev–Trinajstić information content (AvgIpc) is 3.02. The molecule has 0 N–H and O–H groups in total. The number of benzene rings is 2. The fraction of sp³-hybridized carbons (Fsp3) is 0.143. The van der Waals surface area contributed by atoms with Gasteiger partial charge in [-0.25, -0.2) is 13.9 Å². The van der Waals surface area contributed by atoms with Crippen molar-refractivity contribution in [1.82, 2.24) is 4.98 Å². The van der Waals surface area contributed by atoms with Gasteiger partial charge in [-0.15, -0.1) is 0 Å². The molecule has 0 atom stereocenters. The number of oxazole rings is 1. The summed E-state index contributed by atoms with van der Waals surface area (Å²) in [5.41, 5.74) is 5.51. The Morgan fingerprint density at radius 2 is 1.77 bits per heavy atom. The summed E-state index contributed by atoms with van der Waals surface area (Å²) in [7, 11) is 0. The van der Waals surface area contributed by atoms with Crippen molar-refractivity contribution in [1.29, 1.82) is 0 Å². The fourth-order valence-corrected chi connectivity index (χ4v) is 3.03. The number of nitrogens with zero attached hydrogens (tertiary/aromatic N) is 2. The molecule has 5 heteroatoms. The molecule has 0 saturated heterocycles. The van der Waals surface area contributed by atoms with Gasteiger partial charge in [-0.05, 0) is 43.2 Å². The Labute approximate surface area is 161 Å². The molecule has 3 nitrogen and oxygen atoms in total. The number of halogens is 2. The van der Waals surface area contributed by atoms with Crippen molar-refractivity contribution in [2.75, 3.05) is 0 Å². The van der Waals surface area contributed by atoms with Gasteiger partial charge in [0.15, 0.2) is 24.5 Å². The molecule has 0 saturated carbocycles. The van der Waals surface area contributed by atoms with Crippen LogP contribution in [0.2, 0.25) is 0 Å². The van der Waals surface area contributed by atoms with Crippen molar-refractivity contribution < 1.29 is 30.4 Å². The van der Waals surface area contributed by atoms with Crippen molar-refractivity contribution in [3.8, 4) is 11.5 Å². The normalized spacial score (nSPS) is 10.7. The Hall–Kier alpha value is -2.53. The van der Waals surface area contributed by atoms with E-state index in [1.165, 1.54) is 11.6 Å². The third-order valence-electron chi connectivity index (χ3n) is 4.27. The molecule has 0 radical (unpaired) electrons. The lowest BCUT2D eigenvalue weighted by atomic mass is 10.1. The van der Waals surface area contributed by atoms with Gasteiger partial charge in [0.2, 0.25) is 5.89 Å². The molecule has 132 valence electrons. The molecule has 0 aliphatic heterocycles. The molecule has 0 aliphatic rings. The maximum Gasteiger partial charge on any atom is 0.227 e. The van der Waals surface area contributed by atoms with Crippen LogP contribution in [0.15, 0.2) is 65.3 Å². The Bertz CT molecular complexity index is 1060. The molecule has 26 heavy (non-hydrogen) atoms. The number of hydrogen-bond acceptors (Lipinski definition) is 2. The third-order valence-corrected chi connectivity index (χ3v) is 4.27. The quantitative estimate of drug-likeness (QED) is 0.478. The highest BCUT2D eigenvalue weighted by Gasteiger charge is 2.13. The van der Waals surface area contributed by atoms with E-state index in [1.807, 2.05) is 48.1 Å². The van der Waals surface area contributed by atoms with Gasteiger partial charge in [0, 0.05) is 17.7 Å². The minimum absolute atomic E-state index is 0. The largest absolute Gasteiger partial charge is 1.00 e. The van der Waals surface area contributed by atoms with Gasteiger partial charge in [-0.3, -0.25) is 0 Å². The van der Waals surface area contributed by atoms with Crippen LogP contribution in [0.4, 0.5) is 4.39 Å². The zero-order valence-electron chi connectivity index (χ0n) is 14.5. The van der Waals surface area contributed by atoms with E-state index in [0.29, 0.717) is 18.0 Å².